The van der Waals surface area contributed by atoms with E-state index < -0.39 is 5.41 Å². The quantitative estimate of drug-likeness (QED) is 0.827. The van der Waals surface area contributed by atoms with Crippen molar-refractivity contribution in [3.8, 4) is 0 Å². The van der Waals surface area contributed by atoms with Gasteiger partial charge in [0.1, 0.15) is 5.41 Å². The summed E-state index contributed by atoms with van der Waals surface area (Å²) >= 11 is 5.86. The third kappa shape index (κ3) is 4.97. The maximum atomic E-state index is 12.7. The summed E-state index contributed by atoms with van der Waals surface area (Å²) in [5.74, 6) is -0.265. The molecule has 1 heterocycles. The minimum absolute atomic E-state index is 0.0617. The van der Waals surface area contributed by atoms with Crippen LogP contribution >= 0.6 is 11.6 Å². The topological polar surface area (TPSA) is 49.4 Å². The van der Waals surface area contributed by atoms with Crippen molar-refractivity contribution < 1.29 is 9.59 Å². The highest BCUT2D eigenvalue weighted by Gasteiger charge is 2.38. The fourth-order valence-corrected chi connectivity index (χ4v) is 3.08. The van der Waals surface area contributed by atoms with Crippen molar-refractivity contribution in [1.82, 2.24) is 10.2 Å². The largest absolute Gasteiger partial charge is 0.355 e. The fraction of sp³-hybridized carbons (Fsp3) is 0.579. The second-order valence-corrected chi connectivity index (χ2v) is 7.40. The molecule has 24 heavy (non-hydrogen) atoms. The van der Waals surface area contributed by atoms with E-state index in [2.05, 4.69) is 5.32 Å². The minimum Gasteiger partial charge on any atom is -0.355 e. The van der Waals surface area contributed by atoms with E-state index in [1.807, 2.05) is 29.2 Å². The van der Waals surface area contributed by atoms with Crippen molar-refractivity contribution in [3.05, 3.63) is 34.9 Å². The van der Waals surface area contributed by atoms with Gasteiger partial charge in [0.05, 0.1) is 0 Å². The van der Waals surface area contributed by atoms with Crippen LogP contribution in [0.1, 0.15) is 45.1 Å². The Morgan fingerprint density at radius 3 is 2.25 bits per heavy atom. The number of rotatable bonds is 5. The Labute approximate surface area is 149 Å². The van der Waals surface area contributed by atoms with Crippen LogP contribution in [0.2, 0.25) is 5.02 Å². The van der Waals surface area contributed by atoms with Gasteiger partial charge in [-0.1, -0.05) is 36.6 Å². The maximum absolute atomic E-state index is 12.7. The van der Waals surface area contributed by atoms with E-state index in [9.17, 15) is 9.59 Å². The number of hydrogen-bond donors (Lipinski definition) is 1. The first kappa shape index (κ1) is 18.8. The summed E-state index contributed by atoms with van der Waals surface area (Å²) in [6.07, 6.45) is 5.10. The zero-order chi connectivity index (χ0) is 17.6. The number of carbonyl (C=O) groups excluding carboxylic acids is 2. The van der Waals surface area contributed by atoms with Crippen LogP contribution in [0.4, 0.5) is 0 Å². The van der Waals surface area contributed by atoms with Gasteiger partial charge in [0.2, 0.25) is 11.8 Å². The van der Waals surface area contributed by atoms with E-state index in [-0.39, 0.29) is 11.8 Å². The highest BCUT2D eigenvalue weighted by atomic mass is 35.5. The molecular formula is C19H27ClN2O2. The van der Waals surface area contributed by atoms with Crippen molar-refractivity contribution in [2.75, 3.05) is 19.6 Å². The monoisotopic (exact) mass is 350 g/mol. The molecule has 1 aliphatic heterocycles. The molecule has 0 bridgehead atoms. The van der Waals surface area contributed by atoms with Crippen molar-refractivity contribution in [2.24, 2.45) is 5.41 Å². The van der Waals surface area contributed by atoms with Gasteiger partial charge in [-0.15, -0.1) is 0 Å². The fourth-order valence-electron chi connectivity index (χ4n) is 2.96. The van der Waals surface area contributed by atoms with Crippen LogP contribution in [-0.2, 0) is 16.0 Å². The summed E-state index contributed by atoms with van der Waals surface area (Å²) in [7, 11) is 0. The van der Waals surface area contributed by atoms with Crippen LogP contribution in [0, 0.1) is 5.41 Å². The maximum Gasteiger partial charge on any atom is 0.237 e. The summed E-state index contributed by atoms with van der Waals surface area (Å²) in [4.78, 5) is 27.1. The van der Waals surface area contributed by atoms with Gasteiger partial charge in [0.25, 0.3) is 0 Å². The highest BCUT2D eigenvalue weighted by Crippen LogP contribution is 2.22. The molecule has 0 atom stereocenters. The first-order chi connectivity index (χ1) is 11.4. The van der Waals surface area contributed by atoms with Crippen LogP contribution in [0.5, 0.6) is 0 Å². The van der Waals surface area contributed by atoms with E-state index in [1.54, 1.807) is 13.8 Å². The molecule has 0 aliphatic carbocycles. The molecule has 5 heteroatoms. The van der Waals surface area contributed by atoms with Gasteiger partial charge in [-0.25, -0.2) is 0 Å². The van der Waals surface area contributed by atoms with E-state index in [4.69, 9.17) is 11.6 Å². The van der Waals surface area contributed by atoms with Gasteiger partial charge < -0.3 is 10.2 Å². The third-order valence-corrected chi connectivity index (χ3v) is 4.86. The van der Waals surface area contributed by atoms with Gasteiger partial charge in [-0.3, -0.25) is 9.59 Å². The number of likely N-dealkylation sites (tertiary alicyclic amines) is 1. The van der Waals surface area contributed by atoms with Crippen LogP contribution in [0.15, 0.2) is 24.3 Å². The van der Waals surface area contributed by atoms with Crippen molar-refractivity contribution in [2.45, 2.75) is 46.0 Å². The Morgan fingerprint density at radius 1 is 1.08 bits per heavy atom. The summed E-state index contributed by atoms with van der Waals surface area (Å²) in [5.41, 5.74) is 0.0843. The normalized spacial score (nSPS) is 15.7. The Kier molecular flexibility index (Phi) is 6.67. The molecule has 0 spiro atoms. The van der Waals surface area contributed by atoms with Gasteiger partial charge in [0.15, 0.2) is 0 Å². The zero-order valence-corrected chi connectivity index (χ0v) is 15.4. The molecule has 1 N–H and O–H groups in total. The summed E-state index contributed by atoms with van der Waals surface area (Å²) in [5, 5.41) is 3.60. The van der Waals surface area contributed by atoms with E-state index in [0.29, 0.717) is 11.6 Å². The van der Waals surface area contributed by atoms with E-state index in [0.717, 1.165) is 50.8 Å². The molecule has 1 aromatic carbocycles. The Morgan fingerprint density at radius 2 is 1.67 bits per heavy atom. The molecule has 1 fully saturated rings. The van der Waals surface area contributed by atoms with E-state index >= 15 is 0 Å². The molecule has 2 amide bonds. The van der Waals surface area contributed by atoms with Crippen LogP contribution in [-0.4, -0.2) is 36.3 Å². The van der Waals surface area contributed by atoms with Gasteiger partial charge in [-0.05, 0) is 50.8 Å². The highest BCUT2D eigenvalue weighted by molar-refractivity contribution is 6.30. The average Bonchev–Trinajstić information content (AvgIpc) is 2.85. The summed E-state index contributed by atoms with van der Waals surface area (Å²) in [6, 6.07) is 7.57. The van der Waals surface area contributed by atoms with Crippen LogP contribution in [0.25, 0.3) is 0 Å². The summed E-state index contributed by atoms with van der Waals surface area (Å²) < 4.78 is 0. The van der Waals surface area contributed by atoms with Crippen molar-refractivity contribution >= 4 is 23.4 Å². The number of halogens is 1. The molecule has 1 saturated heterocycles. The predicted molar refractivity (Wildman–Crippen MR) is 97.0 cm³/mol. The number of nitrogens with one attached hydrogen (secondary N) is 1. The lowest BCUT2D eigenvalue weighted by molar-refractivity contribution is -0.148. The molecule has 1 aliphatic rings. The molecule has 0 saturated carbocycles. The molecule has 132 valence electrons. The molecule has 4 nitrogen and oxygen atoms in total. The zero-order valence-electron chi connectivity index (χ0n) is 14.6. The molecule has 1 aromatic rings. The lowest BCUT2D eigenvalue weighted by Gasteiger charge is -2.30. The average molecular weight is 351 g/mol. The van der Waals surface area contributed by atoms with Gasteiger partial charge >= 0.3 is 0 Å². The second-order valence-electron chi connectivity index (χ2n) is 6.96. The van der Waals surface area contributed by atoms with E-state index in [1.165, 1.54) is 0 Å². The molecule has 0 unspecified atom stereocenters. The lowest BCUT2D eigenvalue weighted by atomic mass is 9.90. The summed E-state index contributed by atoms with van der Waals surface area (Å²) in [6.45, 7) is 5.48. The third-order valence-electron chi connectivity index (χ3n) is 4.61. The minimum atomic E-state index is -1.02. The standard InChI is InChI=1S/C19H27ClN2O2/c1-19(2,18(24)22-13-5-3-4-6-14-22)17(23)21-12-11-15-7-9-16(20)10-8-15/h7-10H,3-6,11-14H2,1-2H3,(H,21,23). The second kappa shape index (κ2) is 8.52. The number of hydrogen-bond acceptors (Lipinski definition) is 2. The molecule has 2 rings (SSSR count). The first-order valence-electron chi connectivity index (χ1n) is 8.73. The lowest BCUT2D eigenvalue weighted by Crippen LogP contribution is -2.50. The van der Waals surface area contributed by atoms with Crippen LogP contribution < -0.4 is 5.32 Å². The Bertz CT molecular complexity index is 561. The molecular weight excluding hydrogens is 324 g/mol. The predicted octanol–water partition coefficient (Wildman–Crippen LogP) is 3.43. The number of benzene rings is 1. The number of carbonyl (C=O) groups is 2. The first-order valence-corrected chi connectivity index (χ1v) is 9.11. The molecule has 0 radical (unpaired) electrons. The van der Waals surface area contributed by atoms with Gasteiger partial charge in [-0.2, -0.15) is 0 Å². The molecule has 0 aromatic heterocycles. The van der Waals surface area contributed by atoms with Crippen molar-refractivity contribution in [1.29, 1.82) is 0 Å². The number of amides is 2. The number of nitrogens with zero attached hydrogens (tertiary/aromatic N) is 1. The van der Waals surface area contributed by atoms with Crippen LogP contribution in [0.3, 0.4) is 0 Å². The van der Waals surface area contributed by atoms with Crippen molar-refractivity contribution in [3.63, 3.8) is 0 Å². The Balaban J connectivity index is 1.86. The Hall–Kier alpha value is -1.55. The van der Waals surface area contributed by atoms with Gasteiger partial charge in [0, 0.05) is 24.7 Å². The smallest absolute Gasteiger partial charge is 0.237 e. The SMILES string of the molecule is CC(C)(C(=O)NCCc1ccc(Cl)cc1)C(=O)N1CCCCCC1.